The van der Waals surface area contributed by atoms with E-state index in [0.717, 1.165) is 11.8 Å². The van der Waals surface area contributed by atoms with Gasteiger partial charge in [-0.2, -0.15) is 5.06 Å². The summed E-state index contributed by atoms with van der Waals surface area (Å²) >= 11 is 0. The Morgan fingerprint density at radius 2 is 2.11 bits per heavy atom. The van der Waals surface area contributed by atoms with Crippen LogP contribution in [-0.4, -0.2) is 37.1 Å². The third-order valence-corrected chi connectivity index (χ3v) is 3.20. The number of hydrogen-bond donors (Lipinski definition) is 0. The summed E-state index contributed by atoms with van der Waals surface area (Å²) in [7, 11) is 1.72. The van der Waals surface area contributed by atoms with Gasteiger partial charge in [0.15, 0.2) is 6.10 Å². The molecule has 1 aromatic rings. The van der Waals surface area contributed by atoms with Crippen LogP contribution >= 0.6 is 0 Å². The highest BCUT2D eigenvalue weighted by Crippen LogP contribution is 2.37. The minimum atomic E-state index is -0.868. The number of carbonyl (C=O) groups excluding carboxylic acids is 2. The van der Waals surface area contributed by atoms with Crippen LogP contribution in [0, 0.1) is 5.92 Å². The van der Waals surface area contributed by atoms with Crippen molar-refractivity contribution < 1.29 is 19.2 Å². The van der Waals surface area contributed by atoms with Gasteiger partial charge in [0.2, 0.25) is 0 Å². The molecule has 1 aliphatic heterocycles. The van der Waals surface area contributed by atoms with Gasteiger partial charge in [-0.1, -0.05) is 30.3 Å². The smallest absolute Gasteiger partial charge is 0.338 e. The molecule has 0 unspecified atom stereocenters. The monoisotopic (exact) mass is 263 g/mol. The molecule has 0 spiro atoms. The van der Waals surface area contributed by atoms with Crippen molar-refractivity contribution >= 4 is 12.3 Å². The number of ether oxygens (including phenoxy) is 1. The molecular formula is C14H17NO4. The number of hydroxylamine groups is 2. The first-order valence-electron chi connectivity index (χ1n) is 6.25. The average Bonchev–Trinajstić information content (AvgIpc) is 2.77. The van der Waals surface area contributed by atoms with Crippen LogP contribution in [0.5, 0.6) is 0 Å². The predicted octanol–water partition coefficient (Wildman–Crippen LogP) is 1.35. The number of aldehydes is 1. The fraction of sp³-hybridized carbons (Fsp3) is 0.429. The molecule has 0 bridgehead atoms. The van der Waals surface area contributed by atoms with Crippen molar-refractivity contribution in [3.8, 4) is 0 Å². The number of hydrogen-bond acceptors (Lipinski definition) is 5. The standard InChI is InChI=1S/C14H17NO4/c1-3-18-14(17)13-11(9-16)12(15(2)19-13)10-7-5-4-6-8-10/h4-9,11-13H,3H2,1-2H3/t11-,12-,13-/m0/s1. The predicted molar refractivity (Wildman–Crippen MR) is 68.0 cm³/mol. The summed E-state index contributed by atoms with van der Waals surface area (Å²) in [6.07, 6.45) is -0.101. The molecule has 0 saturated carbocycles. The van der Waals surface area contributed by atoms with Crippen LogP contribution in [-0.2, 0) is 19.2 Å². The fourth-order valence-corrected chi connectivity index (χ4v) is 2.38. The summed E-state index contributed by atoms with van der Waals surface area (Å²) in [5, 5.41) is 1.55. The fourth-order valence-electron chi connectivity index (χ4n) is 2.38. The zero-order valence-corrected chi connectivity index (χ0v) is 11.0. The lowest BCUT2D eigenvalue weighted by atomic mass is 9.91. The van der Waals surface area contributed by atoms with Crippen molar-refractivity contribution in [1.29, 1.82) is 0 Å². The second-order valence-corrected chi connectivity index (χ2v) is 4.39. The largest absolute Gasteiger partial charge is 0.464 e. The van der Waals surface area contributed by atoms with Crippen LogP contribution < -0.4 is 0 Å². The van der Waals surface area contributed by atoms with Gasteiger partial charge in [0, 0.05) is 7.05 Å². The van der Waals surface area contributed by atoms with Crippen LogP contribution in [0.25, 0.3) is 0 Å². The number of rotatable bonds is 4. The molecule has 1 aliphatic rings. The molecule has 1 fully saturated rings. The van der Waals surface area contributed by atoms with Gasteiger partial charge in [-0.15, -0.1) is 0 Å². The van der Waals surface area contributed by atoms with Gasteiger partial charge in [0.25, 0.3) is 0 Å². The third-order valence-electron chi connectivity index (χ3n) is 3.20. The zero-order chi connectivity index (χ0) is 13.8. The summed E-state index contributed by atoms with van der Waals surface area (Å²) in [6.45, 7) is 1.99. The van der Waals surface area contributed by atoms with Crippen molar-refractivity contribution in [2.75, 3.05) is 13.7 Å². The van der Waals surface area contributed by atoms with E-state index in [1.165, 1.54) is 0 Å². The average molecular weight is 263 g/mol. The highest BCUT2D eigenvalue weighted by atomic mass is 16.7. The van der Waals surface area contributed by atoms with Crippen LogP contribution in [0.1, 0.15) is 18.5 Å². The Hall–Kier alpha value is -1.72. The molecule has 0 amide bonds. The lowest BCUT2D eigenvalue weighted by molar-refractivity contribution is -0.182. The molecule has 5 heteroatoms. The summed E-state index contributed by atoms with van der Waals surface area (Å²) < 4.78 is 4.94. The summed E-state index contributed by atoms with van der Waals surface area (Å²) in [6, 6.07) is 9.24. The van der Waals surface area contributed by atoms with Crippen molar-refractivity contribution in [2.45, 2.75) is 19.1 Å². The zero-order valence-electron chi connectivity index (χ0n) is 11.0. The van der Waals surface area contributed by atoms with Crippen LogP contribution in [0.3, 0.4) is 0 Å². The SMILES string of the molecule is CCOC(=O)[C@H]1ON(C)[C@@H](c2ccccc2)[C@@H]1C=O. The van der Waals surface area contributed by atoms with E-state index in [4.69, 9.17) is 9.57 Å². The van der Waals surface area contributed by atoms with Crippen molar-refractivity contribution in [1.82, 2.24) is 5.06 Å². The number of esters is 1. The quantitative estimate of drug-likeness (QED) is 0.606. The van der Waals surface area contributed by atoms with Crippen LogP contribution in [0.15, 0.2) is 30.3 Å². The number of carbonyl (C=O) groups is 2. The van der Waals surface area contributed by atoms with Crippen molar-refractivity contribution in [3.05, 3.63) is 35.9 Å². The minimum absolute atomic E-state index is 0.268. The molecule has 102 valence electrons. The van der Waals surface area contributed by atoms with Crippen LogP contribution in [0.2, 0.25) is 0 Å². The second kappa shape index (κ2) is 5.95. The first-order valence-corrected chi connectivity index (χ1v) is 6.25. The highest BCUT2D eigenvalue weighted by molar-refractivity contribution is 5.80. The molecule has 0 aromatic heterocycles. The molecule has 5 nitrogen and oxygen atoms in total. The lowest BCUT2D eigenvalue weighted by Crippen LogP contribution is -2.31. The van der Waals surface area contributed by atoms with E-state index in [1.807, 2.05) is 30.3 Å². The van der Waals surface area contributed by atoms with E-state index in [-0.39, 0.29) is 12.6 Å². The first-order chi connectivity index (χ1) is 9.19. The van der Waals surface area contributed by atoms with Gasteiger partial charge in [0.1, 0.15) is 6.29 Å². The number of benzene rings is 1. The van der Waals surface area contributed by atoms with Gasteiger partial charge in [0.05, 0.1) is 18.6 Å². The minimum Gasteiger partial charge on any atom is -0.464 e. The Balaban J connectivity index is 2.25. The van der Waals surface area contributed by atoms with Crippen LogP contribution in [0.4, 0.5) is 0 Å². The van der Waals surface area contributed by atoms with Gasteiger partial charge in [-0.05, 0) is 12.5 Å². The van der Waals surface area contributed by atoms with Gasteiger partial charge >= 0.3 is 5.97 Å². The normalized spacial score (nSPS) is 27.2. The van der Waals surface area contributed by atoms with Crippen molar-refractivity contribution in [2.24, 2.45) is 5.92 Å². The maximum Gasteiger partial charge on any atom is 0.338 e. The summed E-state index contributed by atoms with van der Waals surface area (Å²) in [4.78, 5) is 28.6. The molecule has 1 saturated heterocycles. The third kappa shape index (κ3) is 2.67. The molecule has 1 aromatic carbocycles. The van der Waals surface area contributed by atoms with E-state index >= 15 is 0 Å². The molecule has 0 radical (unpaired) electrons. The Kier molecular flexibility index (Phi) is 4.29. The maximum absolute atomic E-state index is 11.8. The molecule has 0 aliphatic carbocycles. The van der Waals surface area contributed by atoms with Crippen molar-refractivity contribution in [3.63, 3.8) is 0 Å². The van der Waals surface area contributed by atoms with Gasteiger partial charge in [-0.3, -0.25) is 4.84 Å². The molecule has 0 N–H and O–H groups in total. The Morgan fingerprint density at radius 3 is 2.68 bits per heavy atom. The van der Waals surface area contributed by atoms with E-state index in [0.29, 0.717) is 0 Å². The van der Waals surface area contributed by atoms with E-state index < -0.39 is 18.0 Å². The second-order valence-electron chi connectivity index (χ2n) is 4.39. The molecule has 1 heterocycles. The lowest BCUT2D eigenvalue weighted by Gasteiger charge is -2.19. The Bertz CT molecular complexity index is 448. The Labute approximate surface area is 112 Å². The highest BCUT2D eigenvalue weighted by Gasteiger charge is 2.46. The van der Waals surface area contributed by atoms with E-state index in [9.17, 15) is 9.59 Å². The van der Waals surface area contributed by atoms with Gasteiger partial charge in [-0.25, -0.2) is 4.79 Å². The van der Waals surface area contributed by atoms with E-state index in [1.54, 1.807) is 19.0 Å². The van der Waals surface area contributed by atoms with E-state index in [2.05, 4.69) is 0 Å². The molecule has 3 atom stereocenters. The van der Waals surface area contributed by atoms with Gasteiger partial charge < -0.3 is 9.53 Å². The summed E-state index contributed by atoms with van der Waals surface area (Å²) in [5.41, 5.74) is 0.939. The first kappa shape index (κ1) is 13.7. The molecule has 19 heavy (non-hydrogen) atoms. The number of nitrogens with zero attached hydrogens (tertiary/aromatic N) is 1. The molecular weight excluding hydrogens is 246 g/mol. The Morgan fingerprint density at radius 1 is 1.42 bits per heavy atom. The maximum atomic E-state index is 11.8. The molecule has 2 rings (SSSR count). The summed E-state index contributed by atoms with van der Waals surface area (Å²) in [5.74, 6) is -1.06. The topological polar surface area (TPSA) is 55.8 Å².